The molecule has 0 aliphatic carbocycles. The van der Waals surface area contributed by atoms with Crippen molar-refractivity contribution in [3.05, 3.63) is 0 Å². The zero-order valence-electron chi connectivity index (χ0n) is 10.8. The first-order valence-corrected chi connectivity index (χ1v) is 7.02. The molecule has 0 aromatic rings. The van der Waals surface area contributed by atoms with Crippen LogP contribution in [0.15, 0.2) is 0 Å². The molecule has 0 bridgehead atoms. The average Bonchev–Trinajstić information content (AvgIpc) is 2.15. The number of nitrogens with one attached hydrogen (secondary N) is 1. The van der Waals surface area contributed by atoms with Crippen molar-refractivity contribution in [1.82, 2.24) is 10.2 Å². The van der Waals surface area contributed by atoms with Gasteiger partial charge in [-0.15, -0.1) is 0 Å². The molecule has 0 aromatic heterocycles. The van der Waals surface area contributed by atoms with Crippen LogP contribution in [0.3, 0.4) is 0 Å². The van der Waals surface area contributed by atoms with Crippen LogP contribution in [0.4, 0.5) is 0 Å². The number of hydrogen-bond acceptors (Lipinski definition) is 3. The summed E-state index contributed by atoms with van der Waals surface area (Å²) in [4.78, 5) is 2.62. The van der Waals surface area contributed by atoms with Gasteiger partial charge in [-0.2, -0.15) is 11.8 Å². The molecule has 1 saturated heterocycles. The molecule has 1 rings (SSSR count). The Morgan fingerprint density at radius 2 is 2.20 bits per heavy atom. The van der Waals surface area contributed by atoms with E-state index >= 15 is 0 Å². The van der Waals surface area contributed by atoms with Crippen molar-refractivity contribution >= 4 is 11.8 Å². The van der Waals surface area contributed by atoms with Crippen molar-refractivity contribution in [1.29, 1.82) is 0 Å². The second-order valence-electron chi connectivity index (χ2n) is 5.42. The Kier molecular flexibility index (Phi) is 4.94. The molecule has 0 saturated carbocycles. The van der Waals surface area contributed by atoms with Gasteiger partial charge < -0.3 is 10.2 Å². The van der Waals surface area contributed by atoms with Gasteiger partial charge in [0.2, 0.25) is 0 Å². The summed E-state index contributed by atoms with van der Waals surface area (Å²) in [5, 5.41) is 4.18. The fraction of sp³-hybridized carbons (Fsp3) is 1.00. The molecule has 90 valence electrons. The van der Waals surface area contributed by atoms with Crippen LogP contribution in [-0.4, -0.2) is 48.6 Å². The lowest BCUT2D eigenvalue weighted by Gasteiger charge is -2.39. The van der Waals surface area contributed by atoms with Gasteiger partial charge in [0.05, 0.1) is 0 Å². The van der Waals surface area contributed by atoms with E-state index in [4.69, 9.17) is 0 Å². The third kappa shape index (κ3) is 3.97. The third-order valence-corrected chi connectivity index (χ3v) is 4.70. The lowest BCUT2D eigenvalue weighted by atomic mass is 9.85. The van der Waals surface area contributed by atoms with E-state index in [0.717, 1.165) is 5.25 Å². The zero-order chi connectivity index (χ0) is 11.5. The molecule has 15 heavy (non-hydrogen) atoms. The molecule has 2 nitrogen and oxygen atoms in total. The Labute approximate surface area is 99.2 Å². The number of hydrogen-bond donors (Lipinski definition) is 1. The second-order valence-corrected chi connectivity index (χ2v) is 6.96. The molecule has 1 N–H and O–H groups in total. The molecular weight excluding hydrogens is 204 g/mol. The van der Waals surface area contributed by atoms with Crippen molar-refractivity contribution in [2.75, 3.05) is 32.4 Å². The van der Waals surface area contributed by atoms with Crippen LogP contribution in [0.25, 0.3) is 0 Å². The molecule has 0 amide bonds. The Morgan fingerprint density at radius 1 is 1.53 bits per heavy atom. The maximum Gasteiger partial charge on any atom is 0.0147 e. The van der Waals surface area contributed by atoms with E-state index in [9.17, 15) is 0 Å². The Bertz CT molecular complexity index is 194. The van der Waals surface area contributed by atoms with Gasteiger partial charge in [-0.25, -0.2) is 0 Å². The summed E-state index contributed by atoms with van der Waals surface area (Å²) in [6, 6.07) is 0.572. The predicted octanol–water partition coefficient (Wildman–Crippen LogP) is 2.06. The maximum atomic E-state index is 3.37. The van der Waals surface area contributed by atoms with Crippen LogP contribution >= 0.6 is 11.8 Å². The molecule has 0 spiro atoms. The number of rotatable bonds is 4. The summed E-state index contributed by atoms with van der Waals surface area (Å²) in [6.45, 7) is 13.1. The van der Waals surface area contributed by atoms with Crippen LogP contribution in [0.1, 0.15) is 27.7 Å². The largest absolute Gasteiger partial charge is 0.317 e. The summed E-state index contributed by atoms with van der Waals surface area (Å²) < 4.78 is 0. The van der Waals surface area contributed by atoms with E-state index in [1.807, 2.05) is 0 Å². The van der Waals surface area contributed by atoms with Crippen molar-refractivity contribution in [2.24, 2.45) is 5.41 Å². The molecular formula is C12H26N2S. The predicted molar refractivity (Wildman–Crippen MR) is 70.7 cm³/mol. The first-order chi connectivity index (χ1) is 6.95. The molecule has 1 aliphatic heterocycles. The summed E-state index contributed by atoms with van der Waals surface area (Å²) in [7, 11) is 2.06. The summed E-state index contributed by atoms with van der Waals surface area (Å²) >= 11 is 2.10. The van der Waals surface area contributed by atoms with Gasteiger partial charge in [-0.3, -0.25) is 0 Å². The summed E-state index contributed by atoms with van der Waals surface area (Å²) in [5.74, 6) is 1.30. The normalized spacial score (nSPS) is 26.6. The van der Waals surface area contributed by atoms with Crippen LogP contribution in [0, 0.1) is 5.41 Å². The highest BCUT2D eigenvalue weighted by Crippen LogP contribution is 2.25. The highest BCUT2D eigenvalue weighted by atomic mass is 32.2. The Morgan fingerprint density at radius 3 is 2.73 bits per heavy atom. The smallest absolute Gasteiger partial charge is 0.0147 e. The molecule has 0 aromatic carbocycles. The standard InChI is InChI=1S/C12H26N2S/c1-10-8-14(6-7-15-10)9-12(3,4)11(2)13-5/h10-11,13H,6-9H2,1-5H3. The topological polar surface area (TPSA) is 15.3 Å². The lowest BCUT2D eigenvalue weighted by Crippen LogP contribution is -2.48. The van der Waals surface area contributed by atoms with Crippen molar-refractivity contribution in [3.63, 3.8) is 0 Å². The molecule has 2 unspecified atom stereocenters. The SMILES string of the molecule is CNC(C)C(C)(C)CN1CCSC(C)C1. The highest BCUT2D eigenvalue weighted by molar-refractivity contribution is 7.99. The third-order valence-electron chi connectivity index (χ3n) is 3.56. The highest BCUT2D eigenvalue weighted by Gasteiger charge is 2.29. The monoisotopic (exact) mass is 230 g/mol. The van der Waals surface area contributed by atoms with Gasteiger partial charge in [0.25, 0.3) is 0 Å². The zero-order valence-corrected chi connectivity index (χ0v) is 11.7. The first-order valence-electron chi connectivity index (χ1n) is 5.97. The van der Waals surface area contributed by atoms with Crippen LogP contribution in [0.5, 0.6) is 0 Å². The summed E-state index contributed by atoms with van der Waals surface area (Å²) in [6.07, 6.45) is 0. The van der Waals surface area contributed by atoms with E-state index in [2.05, 4.69) is 56.7 Å². The number of thioether (sulfide) groups is 1. The lowest BCUT2D eigenvalue weighted by molar-refractivity contribution is 0.150. The molecule has 2 atom stereocenters. The van der Waals surface area contributed by atoms with E-state index < -0.39 is 0 Å². The number of nitrogens with zero attached hydrogens (tertiary/aromatic N) is 1. The maximum absolute atomic E-state index is 3.37. The van der Waals surface area contributed by atoms with Gasteiger partial charge in [-0.05, 0) is 19.4 Å². The van der Waals surface area contributed by atoms with Gasteiger partial charge in [0.1, 0.15) is 0 Å². The van der Waals surface area contributed by atoms with E-state index in [0.29, 0.717) is 11.5 Å². The van der Waals surface area contributed by atoms with Crippen molar-refractivity contribution in [3.8, 4) is 0 Å². The fourth-order valence-corrected chi connectivity index (χ4v) is 3.22. The molecule has 3 heteroatoms. The molecule has 1 aliphatic rings. The van der Waals surface area contributed by atoms with Crippen LogP contribution in [-0.2, 0) is 0 Å². The minimum Gasteiger partial charge on any atom is -0.317 e. The van der Waals surface area contributed by atoms with Gasteiger partial charge in [0, 0.05) is 36.7 Å². The van der Waals surface area contributed by atoms with Crippen molar-refractivity contribution < 1.29 is 0 Å². The van der Waals surface area contributed by atoms with E-state index in [-0.39, 0.29) is 0 Å². The van der Waals surface area contributed by atoms with Gasteiger partial charge >= 0.3 is 0 Å². The quantitative estimate of drug-likeness (QED) is 0.796. The minimum atomic E-state index is 0.358. The average molecular weight is 230 g/mol. The fourth-order valence-electron chi connectivity index (χ4n) is 2.14. The first kappa shape index (κ1) is 13.3. The minimum absolute atomic E-state index is 0.358. The molecule has 0 radical (unpaired) electrons. The molecule has 1 fully saturated rings. The van der Waals surface area contributed by atoms with Crippen LogP contribution in [0.2, 0.25) is 0 Å². The summed E-state index contributed by atoms with van der Waals surface area (Å²) in [5.41, 5.74) is 0.358. The van der Waals surface area contributed by atoms with E-state index in [1.54, 1.807) is 0 Å². The van der Waals surface area contributed by atoms with Gasteiger partial charge in [0.15, 0.2) is 0 Å². The van der Waals surface area contributed by atoms with Crippen molar-refractivity contribution in [2.45, 2.75) is 39.0 Å². The second kappa shape index (κ2) is 5.55. The molecule has 1 heterocycles. The van der Waals surface area contributed by atoms with Crippen LogP contribution < -0.4 is 5.32 Å². The van der Waals surface area contributed by atoms with E-state index in [1.165, 1.54) is 25.4 Å². The Balaban J connectivity index is 2.45. The van der Waals surface area contributed by atoms with Gasteiger partial charge in [-0.1, -0.05) is 20.8 Å². The Hall–Kier alpha value is 0.270.